The largest absolute Gasteiger partial charge is 0.300 e. The van der Waals surface area contributed by atoms with Crippen LogP contribution in [-0.4, -0.2) is 39.4 Å². The zero-order valence-corrected chi connectivity index (χ0v) is 18.6. The monoisotopic (exact) mass is 440 g/mol. The summed E-state index contributed by atoms with van der Waals surface area (Å²) in [7, 11) is 0. The number of amides is 3. The lowest BCUT2D eigenvalue weighted by atomic mass is 9.79. The lowest BCUT2D eigenvalue weighted by molar-refractivity contribution is -0.121. The number of anilines is 1. The topological polar surface area (TPSA) is 92.3 Å². The average molecular weight is 441 g/mol. The van der Waals surface area contributed by atoms with Crippen molar-refractivity contribution < 1.29 is 14.4 Å². The Bertz CT molecular complexity index is 930. The molecule has 2 aromatic rings. The maximum atomic E-state index is 12.6. The van der Waals surface area contributed by atoms with E-state index in [-0.39, 0.29) is 30.2 Å². The molecular formula is C23H28N4O3S. The first-order valence-corrected chi connectivity index (χ1v) is 12.0. The molecule has 0 saturated heterocycles. The van der Waals surface area contributed by atoms with Crippen molar-refractivity contribution in [3.05, 3.63) is 40.4 Å². The molecule has 1 saturated carbocycles. The Morgan fingerprint density at radius 1 is 1.10 bits per heavy atom. The van der Waals surface area contributed by atoms with Gasteiger partial charge in [-0.15, -0.1) is 10.2 Å². The molecule has 31 heavy (non-hydrogen) atoms. The number of imide groups is 1. The number of rotatable bonds is 8. The molecule has 1 aromatic heterocycles. The summed E-state index contributed by atoms with van der Waals surface area (Å²) in [5, 5.41) is 12.3. The van der Waals surface area contributed by atoms with Crippen LogP contribution < -0.4 is 5.32 Å². The molecule has 2 aliphatic rings. The number of nitrogens with zero attached hydrogens (tertiary/aromatic N) is 3. The third-order valence-electron chi connectivity index (χ3n) is 6.31. The van der Waals surface area contributed by atoms with Crippen LogP contribution in [0.1, 0.15) is 77.6 Å². The Balaban J connectivity index is 1.26. The van der Waals surface area contributed by atoms with Crippen molar-refractivity contribution in [2.75, 3.05) is 11.9 Å². The van der Waals surface area contributed by atoms with Crippen LogP contribution in [0.15, 0.2) is 24.3 Å². The molecule has 3 amide bonds. The maximum Gasteiger partial charge on any atom is 0.261 e. The van der Waals surface area contributed by atoms with E-state index in [1.54, 1.807) is 24.3 Å². The van der Waals surface area contributed by atoms with Gasteiger partial charge in [0.2, 0.25) is 11.0 Å². The maximum absolute atomic E-state index is 12.6. The van der Waals surface area contributed by atoms with Gasteiger partial charge in [-0.3, -0.25) is 19.3 Å². The Morgan fingerprint density at radius 3 is 2.42 bits per heavy atom. The highest BCUT2D eigenvalue weighted by Gasteiger charge is 2.35. The number of fused-ring (bicyclic) bond motifs is 1. The number of hydrogen-bond donors (Lipinski definition) is 1. The molecule has 1 aliphatic carbocycles. The Kier molecular flexibility index (Phi) is 6.75. The number of carbonyl (C=O) groups is 3. The van der Waals surface area contributed by atoms with Crippen molar-refractivity contribution >= 4 is 34.2 Å². The SMILES string of the molecule is CCCCC1CCC(C(=O)Nc2nnc(CCN3C(=O)c4ccccc4C3=O)s2)CC1. The minimum absolute atomic E-state index is 0.0250. The van der Waals surface area contributed by atoms with Gasteiger partial charge in [-0.1, -0.05) is 49.7 Å². The molecule has 0 unspecified atom stereocenters. The molecule has 0 atom stereocenters. The van der Waals surface area contributed by atoms with Crippen LogP contribution in [-0.2, 0) is 11.2 Å². The van der Waals surface area contributed by atoms with Crippen LogP contribution in [0.5, 0.6) is 0 Å². The van der Waals surface area contributed by atoms with Gasteiger partial charge in [-0.2, -0.15) is 0 Å². The van der Waals surface area contributed by atoms with Crippen molar-refractivity contribution in [1.82, 2.24) is 15.1 Å². The molecule has 7 nitrogen and oxygen atoms in total. The summed E-state index contributed by atoms with van der Waals surface area (Å²) in [5.74, 6) is 0.293. The summed E-state index contributed by atoms with van der Waals surface area (Å²) in [6.45, 7) is 2.46. The van der Waals surface area contributed by atoms with E-state index >= 15 is 0 Å². The van der Waals surface area contributed by atoms with Gasteiger partial charge < -0.3 is 5.32 Å². The summed E-state index contributed by atoms with van der Waals surface area (Å²) < 4.78 is 0. The van der Waals surface area contributed by atoms with Crippen molar-refractivity contribution in [3.8, 4) is 0 Å². The van der Waals surface area contributed by atoms with E-state index in [9.17, 15) is 14.4 Å². The minimum atomic E-state index is -0.270. The van der Waals surface area contributed by atoms with Gasteiger partial charge in [0, 0.05) is 18.9 Å². The number of carbonyl (C=O) groups excluding carboxylic acids is 3. The number of unbranched alkanes of at least 4 members (excludes halogenated alkanes) is 1. The second-order valence-corrected chi connectivity index (χ2v) is 9.47. The fourth-order valence-electron chi connectivity index (χ4n) is 4.47. The number of hydrogen-bond acceptors (Lipinski definition) is 6. The van der Waals surface area contributed by atoms with Gasteiger partial charge >= 0.3 is 0 Å². The van der Waals surface area contributed by atoms with E-state index in [2.05, 4.69) is 22.4 Å². The molecule has 1 N–H and O–H groups in total. The third kappa shape index (κ3) is 4.84. The average Bonchev–Trinajstić information content (AvgIpc) is 3.33. The van der Waals surface area contributed by atoms with Crippen LogP contribution in [0.2, 0.25) is 0 Å². The van der Waals surface area contributed by atoms with E-state index in [1.165, 1.54) is 35.5 Å². The Labute approximate surface area is 186 Å². The van der Waals surface area contributed by atoms with E-state index < -0.39 is 0 Å². The normalized spacial score (nSPS) is 20.7. The fourth-order valence-corrected chi connectivity index (χ4v) is 5.20. The molecule has 2 heterocycles. The number of benzene rings is 1. The van der Waals surface area contributed by atoms with Crippen molar-refractivity contribution in [3.63, 3.8) is 0 Å². The zero-order valence-electron chi connectivity index (χ0n) is 17.8. The Morgan fingerprint density at radius 2 is 1.77 bits per heavy atom. The number of nitrogens with one attached hydrogen (secondary N) is 1. The molecular weight excluding hydrogens is 412 g/mol. The highest BCUT2D eigenvalue weighted by atomic mass is 32.1. The summed E-state index contributed by atoms with van der Waals surface area (Å²) >= 11 is 1.30. The summed E-state index contributed by atoms with van der Waals surface area (Å²) in [6.07, 6.45) is 8.32. The predicted molar refractivity (Wildman–Crippen MR) is 119 cm³/mol. The summed E-state index contributed by atoms with van der Waals surface area (Å²) in [6, 6.07) is 6.85. The first-order valence-electron chi connectivity index (χ1n) is 11.1. The van der Waals surface area contributed by atoms with Crippen molar-refractivity contribution in [2.24, 2.45) is 11.8 Å². The van der Waals surface area contributed by atoms with Gasteiger partial charge in [0.05, 0.1) is 11.1 Å². The van der Waals surface area contributed by atoms with E-state index in [1.807, 2.05) is 0 Å². The lowest BCUT2D eigenvalue weighted by Crippen LogP contribution is -2.31. The second-order valence-electron chi connectivity index (χ2n) is 8.41. The molecule has 0 bridgehead atoms. The van der Waals surface area contributed by atoms with Crippen LogP contribution in [0.25, 0.3) is 0 Å². The van der Waals surface area contributed by atoms with E-state index in [4.69, 9.17) is 0 Å². The summed E-state index contributed by atoms with van der Waals surface area (Å²) in [5.41, 5.74) is 0.893. The lowest BCUT2D eigenvalue weighted by Gasteiger charge is -2.27. The second kappa shape index (κ2) is 9.68. The highest BCUT2D eigenvalue weighted by Crippen LogP contribution is 2.33. The van der Waals surface area contributed by atoms with Gasteiger partial charge in [-0.25, -0.2) is 0 Å². The van der Waals surface area contributed by atoms with Crippen molar-refractivity contribution in [1.29, 1.82) is 0 Å². The first-order chi connectivity index (χ1) is 15.1. The quantitative estimate of drug-likeness (QED) is 0.618. The van der Waals surface area contributed by atoms with Gasteiger partial charge in [0.15, 0.2) is 0 Å². The zero-order chi connectivity index (χ0) is 21.8. The Hall–Kier alpha value is -2.61. The third-order valence-corrected chi connectivity index (χ3v) is 7.21. The highest BCUT2D eigenvalue weighted by molar-refractivity contribution is 7.15. The molecule has 8 heteroatoms. The molecule has 0 radical (unpaired) electrons. The summed E-state index contributed by atoms with van der Waals surface area (Å²) in [4.78, 5) is 38.8. The molecule has 0 spiro atoms. The van der Waals surface area contributed by atoms with Crippen molar-refractivity contribution in [2.45, 2.75) is 58.3 Å². The standard InChI is InChI=1S/C23H28N4O3S/c1-2-3-6-15-9-11-16(12-10-15)20(28)24-23-26-25-19(31-23)13-14-27-21(29)17-7-4-5-8-18(17)22(27)30/h4-5,7-8,15-16H,2-3,6,9-14H2,1H3,(H,24,26,28). The van der Waals surface area contributed by atoms with Gasteiger partial charge in [0.1, 0.15) is 5.01 Å². The first kappa shape index (κ1) is 21.6. The van der Waals surface area contributed by atoms with Crippen LogP contribution >= 0.6 is 11.3 Å². The van der Waals surface area contributed by atoms with Crippen LogP contribution in [0.3, 0.4) is 0 Å². The van der Waals surface area contributed by atoms with E-state index in [0.29, 0.717) is 27.7 Å². The number of aromatic nitrogens is 2. The minimum Gasteiger partial charge on any atom is -0.300 e. The smallest absolute Gasteiger partial charge is 0.261 e. The van der Waals surface area contributed by atoms with E-state index in [0.717, 1.165) is 31.6 Å². The van der Waals surface area contributed by atoms with Crippen LogP contribution in [0.4, 0.5) is 5.13 Å². The van der Waals surface area contributed by atoms with Gasteiger partial charge in [-0.05, 0) is 43.7 Å². The fraction of sp³-hybridized carbons (Fsp3) is 0.522. The van der Waals surface area contributed by atoms with Crippen LogP contribution in [0, 0.1) is 11.8 Å². The predicted octanol–water partition coefficient (Wildman–Crippen LogP) is 4.31. The molecule has 1 aromatic carbocycles. The molecule has 164 valence electrons. The molecule has 4 rings (SSSR count). The van der Waals surface area contributed by atoms with Gasteiger partial charge in [0.25, 0.3) is 11.8 Å². The molecule has 1 fully saturated rings. The molecule has 1 aliphatic heterocycles.